The molecule has 1 aromatic carbocycles. The zero-order valence-corrected chi connectivity index (χ0v) is 17.6. The lowest BCUT2D eigenvalue weighted by Crippen LogP contribution is -2.32. The number of benzene rings is 1. The average molecular weight is 435 g/mol. The Labute approximate surface area is 182 Å². The summed E-state index contributed by atoms with van der Waals surface area (Å²) < 4.78 is 17.7. The Morgan fingerprint density at radius 3 is 2.72 bits per heavy atom. The molecule has 0 saturated heterocycles. The van der Waals surface area contributed by atoms with Gasteiger partial charge < -0.3 is 29.2 Å². The fourth-order valence-corrected chi connectivity index (χ4v) is 4.61. The molecule has 3 aromatic rings. The molecule has 5 heterocycles. The normalized spacial score (nSPS) is 18.0. The fraction of sp³-hybridized carbons (Fsp3) is 0.348. The molecule has 0 unspecified atom stereocenters. The van der Waals surface area contributed by atoms with E-state index < -0.39 is 12.1 Å². The summed E-state index contributed by atoms with van der Waals surface area (Å²) in [4.78, 5) is 30.0. The van der Waals surface area contributed by atoms with Gasteiger partial charge in [-0.15, -0.1) is 0 Å². The second kappa shape index (κ2) is 6.78. The van der Waals surface area contributed by atoms with Crippen LogP contribution in [0.4, 0.5) is 0 Å². The van der Waals surface area contributed by atoms with Crippen LogP contribution in [0.15, 0.2) is 23.0 Å². The van der Waals surface area contributed by atoms with Crippen molar-refractivity contribution in [3.63, 3.8) is 0 Å². The van der Waals surface area contributed by atoms with Crippen LogP contribution in [-0.4, -0.2) is 33.5 Å². The number of aromatic nitrogens is 2. The molecule has 0 radical (unpaired) electrons. The first-order valence-electron chi connectivity index (χ1n) is 10.5. The molecule has 1 atom stereocenters. The van der Waals surface area contributed by atoms with E-state index in [4.69, 9.17) is 19.2 Å². The first-order chi connectivity index (χ1) is 15.4. The van der Waals surface area contributed by atoms with E-state index in [1.807, 2.05) is 12.1 Å². The van der Waals surface area contributed by atoms with Gasteiger partial charge in [-0.2, -0.15) is 0 Å². The number of hydrogen-bond acceptors (Lipinski definition) is 8. The first kappa shape index (κ1) is 19.3. The van der Waals surface area contributed by atoms with Crippen LogP contribution in [0.1, 0.15) is 42.2 Å². The number of aliphatic hydroxyl groups excluding tert-OH is 1. The molecule has 0 bridgehead atoms. The van der Waals surface area contributed by atoms with Crippen molar-refractivity contribution in [1.29, 1.82) is 0 Å². The predicted octanol–water partition coefficient (Wildman–Crippen LogP) is 1.74. The molecule has 0 fully saturated rings. The smallest absolute Gasteiger partial charge is 0.340 e. The number of fused-ring (bicyclic) bond motifs is 6. The van der Waals surface area contributed by atoms with E-state index in [1.165, 1.54) is 0 Å². The average Bonchev–Trinajstić information content (AvgIpc) is 3.37. The standard InChI is InChI=1S/C23H21N3O6/c1-10(2)24-6-13-11-4-18-19(32-9-31-18)5-16(11)25-20-14(13)7-26-17(20)3-12-15(22(26)28)8-30-23(29)21(12)27/h3-5,10,21,24,27H,6-9H2,1-2H3/t21-/m0/s1. The monoisotopic (exact) mass is 435 g/mol. The lowest BCUT2D eigenvalue weighted by molar-refractivity contribution is -0.157. The molecule has 9 nitrogen and oxygen atoms in total. The molecule has 32 heavy (non-hydrogen) atoms. The van der Waals surface area contributed by atoms with Gasteiger partial charge >= 0.3 is 5.97 Å². The molecular weight excluding hydrogens is 414 g/mol. The maximum absolute atomic E-state index is 13.2. The van der Waals surface area contributed by atoms with Crippen molar-refractivity contribution in [1.82, 2.24) is 14.9 Å². The van der Waals surface area contributed by atoms with Gasteiger partial charge in [-0.05, 0) is 17.7 Å². The van der Waals surface area contributed by atoms with Gasteiger partial charge in [0.25, 0.3) is 5.56 Å². The van der Waals surface area contributed by atoms with Crippen LogP contribution in [0.5, 0.6) is 11.5 Å². The Morgan fingerprint density at radius 2 is 1.94 bits per heavy atom. The maximum Gasteiger partial charge on any atom is 0.340 e. The Bertz CT molecular complexity index is 1380. The first-order valence-corrected chi connectivity index (χ1v) is 10.5. The number of carbonyl (C=O) groups excluding carboxylic acids is 1. The van der Waals surface area contributed by atoms with Gasteiger partial charge in [0.1, 0.15) is 6.61 Å². The number of esters is 1. The Balaban J connectivity index is 1.61. The Hall–Kier alpha value is -3.43. The molecule has 3 aliphatic heterocycles. The molecule has 6 rings (SSSR count). The molecule has 0 saturated carbocycles. The van der Waals surface area contributed by atoms with E-state index in [9.17, 15) is 14.7 Å². The largest absolute Gasteiger partial charge is 0.458 e. The van der Waals surface area contributed by atoms with Crippen LogP contribution in [-0.2, 0) is 29.2 Å². The number of pyridine rings is 2. The van der Waals surface area contributed by atoms with Crippen molar-refractivity contribution in [2.24, 2.45) is 0 Å². The van der Waals surface area contributed by atoms with Crippen molar-refractivity contribution in [2.75, 3.05) is 6.79 Å². The quantitative estimate of drug-likeness (QED) is 0.468. The minimum absolute atomic E-state index is 0.140. The van der Waals surface area contributed by atoms with Crippen LogP contribution >= 0.6 is 0 Å². The second-order valence-electron chi connectivity index (χ2n) is 8.54. The highest BCUT2D eigenvalue weighted by Crippen LogP contribution is 2.42. The van der Waals surface area contributed by atoms with Gasteiger partial charge in [0, 0.05) is 35.2 Å². The summed E-state index contributed by atoms with van der Waals surface area (Å²) in [5.41, 5.74) is 4.28. The van der Waals surface area contributed by atoms with Crippen LogP contribution in [0.25, 0.3) is 22.3 Å². The SMILES string of the molecule is CC(C)NCc1c2c(nc3cc4c(cc13)OCO4)-c1cc3c(c(=O)n1C2)COC(=O)[C@H]3O. The predicted molar refractivity (Wildman–Crippen MR) is 113 cm³/mol. The summed E-state index contributed by atoms with van der Waals surface area (Å²) in [6, 6.07) is 5.75. The van der Waals surface area contributed by atoms with Crippen LogP contribution < -0.4 is 20.3 Å². The van der Waals surface area contributed by atoms with Gasteiger partial charge in [-0.25, -0.2) is 9.78 Å². The van der Waals surface area contributed by atoms with Crippen molar-refractivity contribution < 1.29 is 24.1 Å². The fourth-order valence-electron chi connectivity index (χ4n) is 4.61. The van der Waals surface area contributed by atoms with E-state index in [-0.39, 0.29) is 25.0 Å². The lowest BCUT2D eigenvalue weighted by atomic mass is 9.98. The minimum Gasteiger partial charge on any atom is -0.458 e. The van der Waals surface area contributed by atoms with Crippen molar-refractivity contribution >= 4 is 16.9 Å². The Morgan fingerprint density at radius 1 is 1.16 bits per heavy atom. The minimum atomic E-state index is -1.47. The van der Waals surface area contributed by atoms with Gasteiger partial charge in [-0.1, -0.05) is 13.8 Å². The third-order valence-electron chi connectivity index (χ3n) is 6.26. The zero-order valence-electron chi connectivity index (χ0n) is 17.6. The molecular formula is C23H21N3O6. The molecule has 2 aromatic heterocycles. The number of nitrogens with zero attached hydrogens (tertiary/aromatic N) is 2. The molecule has 9 heteroatoms. The Kier molecular flexibility index (Phi) is 4.08. The number of hydrogen-bond donors (Lipinski definition) is 2. The van der Waals surface area contributed by atoms with Gasteiger partial charge in [-0.3, -0.25) is 4.79 Å². The van der Waals surface area contributed by atoms with Crippen molar-refractivity contribution in [3.05, 3.63) is 50.8 Å². The summed E-state index contributed by atoms with van der Waals surface area (Å²) in [6.07, 6.45) is -1.47. The van der Waals surface area contributed by atoms with E-state index in [0.29, 0.717) is 47.1 Å². The molecule has 0 amide bonds. The number of cyclic esters (lactones) is 1. The summed E-state index contributed by atoms with van der Waals surface area (Å²) in [6.45, 7) is 5.12. The topological polar surface area (TPSA) is 112 Å². The number of ether oxygens (including phenoxy) is 3. The van der Waals surface area contributed by atoms with Crippen molar-refractivity contribution in [2.45, 2.75) is 45.7 Å². The van der Waals surface area contributed by atoms with E-state index in [1.54, 1.807) is 10.6 Å². The zero-order chi connectivity index (χ0) is 22.1. The van der Waals surface area contributed by atoms with E-state index in [0.717, 1.165) is 22.0 Å². The highest BCUT2D eigenvalue weighted by molar-refractivity contribution is 5.91. The highest BCUT2D eigenvalue weighted by atomic mass is 16.7. The molecule has 164 valence electrons. The van der Waals surface area contributed by atoms with Gasteiger partial charge in [0.2, 0.25) is 6.79 Å². The number of nitrogens with one attached hydrogen (secondary N) is 1. The lowest BCUT2D eigenvalue weighted by Gasteiger charge is -2.21. The summed E-state index contributed by atoms with van der Waals surface area (Å²) in [7, 11) is 0. The highest BCUT2D eigenvalue weighted by Gasteiger charge is 2.35. The number of aliphatic hydroxyl groups is 1. The van der Waals surface area contributed by atoms with E-state index >= 15 is 0 Å². The molecule has 0 aliphatic carbocycles. The maximum atomic E-state index is 13.2. The molecule has 2 N–H and O–H groups in total. The number of rotatable bonds is 3. The van der Waals surface area contributed by atoms with E-state index in [2.05, 4.69) is 19.2 Å². The third kappa shape index (κ3) is 2.68. The third-order valence-corrected chi connectivity index (χ3v) is 6.26. The molecule has 0 spiro atoms. The van der Waals surface area contributed by atoms with Crippen LogP contribution in [0, 0.1) is 0 Å². The van der Waals surface area contributed by atoms with Crippen molar-refractivity contribution in [3.8, 4) is 22.9 Å². The van der Waals surface area contributed by atoms with Gasteiger partial charge in [0.05, 0.1) is 29.0 Å². The van der Waals surface area contributed by atoms with Crippen LogP contribution in [0.3, 0.4) is 0 Å². The molecule has 3 aliphatic rings. The summed E-state index contributed by atoms with van der Waals surface area (Å²) >= 11 is 0. The summed E-state index contributed by atoms with van der Waals surface area (Å²) in [5.74, 6) is 0.555. The number of carbonyl (C=O) groups is 1. The second-order valence-corrected chi connectivity index (χ2v) is 8.54. The van der Waals surface area contributed by atoms with Crippen LogP contribution in [0.2, 0.25) is 0 Å². The summed E-state index contributed by atoms with van der Waals surface area (Å²) in [5, 5.41) is 14.7. The van der Waals surface area contributed by atoms with Gasteiger partial charge in [0.15, 0.2) is 17.6 Å².